The molecule has 0 radical (unpaired) electrons. The van der Waals surface area contributed by atoms with Gasteiger partial charge in [-0.1, -0.05) is 56.3 Å². The quantitative estimate of drug-likeness (QED) is 0.187. The first-order chi connectivity index (χ1) is 16.9. The largest absolute Gasteiger partial charge is 0.497 e. The second-order valence-corrected chi connectivity index (χ2v) is 9.03. The van der Waals surface area contributed by atoms with Gasteiger partial charge in [-0.05, 0) is 41.3 Å². The predicted molar refractivity (Wildman–Crippen MR) is 136 cm³/mol. The lowest BCUT2D eigenvalue weighted by Gasteiger charge is -2.22. The van der Waals surface area contributed by atoms with E-state index in [2.05, 4.69) is 47.4 Å². The van der Waals surface area contributed by atoms with Crippen LogP contribution in [0.5, 0.6) is 17.4 Å². The Bertz CT molecular complexity index is 1310. The number of nitrogens with zero attached hydrogens (tertiary/aromatic N) is 4. The molecule has 4 aromatic rings. The molecule has 0 saturated carbocycles. The predicted octanol–water partition coefficient (Wildman–Crippen LogP) is 5.98. The summed E-state index contributed by atoms with van der Waals surface area (Å²) in [6.07, 6.45) is 3.04. The lowest BCUT2D eigenvalue weighted by atomic mass is 9.86. The van der Waals surface area contributed by atoms with Crippen LogP contribution in [0.2, 0.25) is 0 Å². The summed E-state index contributed by atoms with van der Waals surface area (Å²) in [5.74, 6) is 2.53. The molecule has 0 amide bonds. The smallest absolute Gasteiger partial charge is 0.243 e. The Hall–Kier alpha value is -4.33. The molecule has 8 heteroatoms. The van der Waals surface area contributed by atoms with Crippen LogP contribution in [0.1, 0.15) is 37.6 Å². The summed E-state index contributed by atoms with van der Waals surface area (Å²) in [6, 6.07) is 21.2. The van der Waals surface area contributed by atoms with Crippen LogP contribution in [0.4, 0.5) is 11.5 Å². The van der Waals surface area contributed by atoms with E-state index in [0.29, 0.717) is 29.6 Å². The van der Waals surface area contributed by atoms with E-state index in [0.717, 1.165) is 22.6 Å². The molecule has 8 nitrogen and oxygen atoms in total. The minimum atomic E-state index is -0.0856. The molecular weight excluding hydrogens is 442 g/mol. The molecule has 2 aromatic heterocycles. The summed E-state index contributed by atoms with van der Waals surface area (Å²) >= 11 is 0. The first-order valence-electron chi connectivity index (χ1n) is 11.2. The van der Waals surface area contributed by atoms with Gasteiger partial charge < -0.3 is 20.0 Å². The van der Waals surface area contributed by atoms with Crippen LogP contribution in [-0.2, 0) is 12.0 Å². The molecule has 0 atom stereocenters. The number of rotatable bonds is 8. The molecule has 180 valence electrons. The number of hydrogen-bond acceptors (Lipinski definition) is 7. The Kier molecular flexibility index (Phi) is 7.01. The number of ether oxygens (including phenoxy) is 2. The second kappa shape index (κ2) is 10.3. The normalized spacial score (nSPS) is 11.5. The Balaban J connectivity index is 1.60. The average molecular weight is 472 g/mol. The van der Waals surface area contributed by atoms with Crippen molar-refractivity contribution in [3.63, 3.8) is 0 Å². The first kappa shape index (κ1) is 23.8. The third-order valence-corrected chi connectivity index (χ3v) is 5.43. The van der Waals surface area contributed by atoms with Gasteiger partial charge in [0.25, 0.3) is 0 Å². The SMILES string of the molecule is COc1ccc(Cn2nc(Nc3cccnc3Oc3ccccc3C(C)(C)C)cc2/C=N/O)cc1. The Labute approximate surface area is 204 Å². The Morgan fingerprint density at radius 2 is 1.83 bits per heavy atom. The van der Waals surface area contributed by atoms with Gasteiger partial charge in [0, 0.05) is 17.8 Å². The molecule has 2 aromatic carbocycles. The average Bonchev–Trinajstić information content (AvgIpc) is 3.21. The molecule has 0 spiro atoms. The summed E-state index contributed by atoms with van der Waals surface area (Å²) < 4.78 is 13.2. The monoisotopic (exact) mass is 471 g/mol. The molecule has 4 rings (SSSR count). The van der Waals surface area contributed by atoms with Crippen molar-refractivity contribution in [2.75, 3.05) is 12.4 Å². The van der Waals surface area contributed by atoms with Crippen LogP contribution in [-0.4, -0.2) is 33.3 Å². The van der Waals surface area contributed by atoms with E-state index in [-0.39, 0.29) is 5.41 Å². The third kappa shape index (κ3) is 5.78. The number of hydrogen-bond donors (Lipinski definition) is 2. The Morgan fingerprint density at radius 1 is 1.06 bits per heavy atom. The summed E-state index contributed by atoms with van der Waals surface area (Å²) in [5.41, 5.74) is 3.32. The zero-order valence-corrected chi connectivity index (χ0v) is 20.3. The standard InChI is InChI=1S/C27H29N5O3/c1-27(2,3)22-8-5-6-10-24(22)35-26-23(9-7-15-28-26)30-25-16-20(17-29-33)32(31-25)18-19-11-13-21(34-4)14-12-19/h5-17,33H,18H2,1-4H3,(H,30,31)/b29-17+. The molecule has 0 aliphatic heterocycles. The van der Waals surface area contributed by atoms with Crippen LogP contribution in [0, 0.1) is 0 Å². The molecule has 0 saturated heterocycles. The maximum atomic E-state index is 9.14. The minimum Gasteiger partial charge on any atom is -0.497 e. The van der Waals surface area contributed by atoms with E-state index in [9.17, 15) is 0 Å². The van der Waals surface area contributed by atoms with Gasteiger partial charge in [0.15, 0.2) is 5.82 Å². The van der Waals surface area contributed by atoms with E-state index in [1.165, 1.54) is 6.21 Å². The molecular formula is C27H29N5O3. The van der Waals surface area contributed by atoms with Crippen molar-refractivity contribution in [3.8, 4) is 17.4 Å². The summed E-state index contributed by atoms with van der Waals surface area (Å²) in [4.78, 5) is 4.45. The lowest BCUT2D eigenvalue weighted by Crippen LogP contribution is -2.12. The summed E-state index contributed by atoms with van der Waals surface area (Å²) in [7, 11) is 1.63. The van der Waals surface area contributed by atoms with Gasteiger partial charge in [-0.2, -0.15) is 5.10 Å². The molecule has 0 bridgehead atoms. The van der Waals surface area contributed by atoms with Crippen molar-refractivity contribution < 1.29 is 14.7 Å². The van der Waals surface area contributed by atoms with E-state index >= 15 is 0 Å². The maximum Gasteiger partial charge on any atom is 0.243 e. The molecule has 0 unspecified atom stereocenters. The van der Waals surface area contributed by atoms with Crippen molar-refractivity contribution in [1.82, 2.24) is 14.8 Å². The van der Waals surface area contributed by atoms with Crippen LogP contribution >= 0.6 is 0 Å². The van der Waals surface area contributed by atoms with Crippen molar-refractivity contribution >= 4 is 17.7 Å². The van der Waals surface area contributed by atoms with Crippen LogP contribution in [0.15, 0.2) is 78.1 Å². The van der Waals surface area contributed by atoms with Crippen LogP contribution in [0.25, 0.3) is 0 Å². The highest BCUT2D eigenvalue weighted by Gasteiger charge is 2.20. The van der Waals surface area contributed by atoms with Crippen LogP contribution < -0.4 is 14.8 Å². The second-order valence-electron chi connectivity index (χ2n) is 9.03. The highest BCUT2D eigenvalue weighted by molar-refractivity contribution is 5.79. The lowest BCUT2D eigenvalue weighted by molar-refractivity contribution is 0.321. The fourth-order valence-electron chi connectivity index (χ4n) is 3.67. The molecule has 0 aliphatic rings. The number of methoxy groups -OCH3 is 1. The molecule has 2 heterocycles. The number of benzene rings is 2. The van der Waals surface area contributed by atoms with Gasteiger partial charge in [-0.25, -0.2) is 4.98 Å². The summed E-state index contributed by atoms with van der Waals surface area (Å²) in [5, 5.41) is 20.3. The third-order valence-electron chi connectivity index (χ3n) is 5.43. The highest BCUT2D eigenvalue weighted by Crippen LogP contribution is 2.36. The molecule has 0 fully saturated rings. The first-order valence-corrected chi connectivity index (χ1v) is 11.2. The number of anilines is 2. The number of nitrogens with one attached hydrogen (secondary N) is 1. The van der Waals surface area contributed by atoms with Gasteiger partial charge in [0.2, 0.25) is 5.88 Å². The maximum absolute atomic E-state index is 9.14. The van der Waals surface area contributed by atoms with Crippen molar-refractivity contribution in [2.45, 2.75) is 32.7 Å². The van der Waals surface area contributed by atoms with E-state index < -0.39 is 0 Å². The van der Waals surface area contributed by atoms with E-state index in [1.54, 1.807) is 24.1 Å². The van der Waals surface area contributed by atoms with E-state index in [4.69, 9.17) is 14.7 Å². The van der Waals surface area contributed by atoms with Crippen molar-refractivity contribution in [2.24, 2.45) is 5.16 Å². The fraction of sp³-hybridized carbons (Fsp3) is 0.222. The number of aromatic nitrogens is 3. The fourth-order valence-corrected chi connectivity index (χ4v) is 3.67. The van der Waals surface area contributed by atoms with E-state index in [1.807, 2.05) is 54.6 Å². The van der Waals surface area contributed by atoms with Gasteiger partial charge in [-0.15, -0.1) is 0 Å². The number of oxime groups is 1. The summed E-state index contributed by atoms with van der Waals surface area (Å²) in [6.45, 7) is 6.92. The topological polar surface area (TPSA) is 93.8 Å². The zero-order chi connectivity index (χ0) is 24.8. The minimum absolute atomic E-state index is 0.0856. The number of pyridine rings is 1. The molecule has 2 N–H and O–H groups in total. The number of para-hydroxylation sites is 1. The van der Waals surface area contributed by atoms with Crippen LogP contribution in [0.3, 0.4) is 0 Å². The van der Waals surface area contributed by atoms with Crippen molar-refractivity contribution in [1.29, 1.82) is 0 Å². The van der Waals surface area contributed by atoms with Gasteiger partial charge >= 0.3 is 0 Å². The van der Waals surface area contributed by atoms with Gasteiger partial charge in [0.1, 0.15) is 17.2 Å². The molecule has 35 heavy (non-hydrogen) atoms. The van der Waals surface area contributed by atoms with Gasteiger partial charge in [-0.3, -0.25) is 4.68 Å². The Morgan fingerprint density at radius 3 is 2.54 bits per heavy atom. The van der Waals surface area contributed by atoms with Gasteiger partial charge in [0.05, 0.1) is 25.6 Å². The highest BCUT2D eigenvalue weighted by atomic mass is 16.5. The zero-order valence-electron chi connectivity index (χ0n) is 20.3. The van der Waals surface area contributed by atoms with Crippen molar-refractivity contribution in [3.05, 3.63) is 89.7 Å². The molecule has 0 aliphatic carbocycles.